The van der Waals surface area contributed by atoms with Crippen molar-refractivity contribution in [3.63, 3.8) is 0 Å². The molecular weight excluding hydrogens is 264 g/mol. The summed E-state index contributed by atoms with van der Waals surface area (Å²) in [6, 6.07) is 0.119. The van der Waals surface area contributed by atoms with E-state index in [0.717, 1.165) is 45.6 Å². The molecule has 112 valence electrons. The SMILES string of the molecule is CC1(CNCCC2CS(=O)(=O)CCN2)CCOCC1. The average Bonchev–Trinajstić information content (AvgIpc) is 2.35. The number of hydrogen-bond donors (Lipinski definition) is 2. The smallest absolute Gasteiger partial charge is 0.153 e. The fraction of sp³-hybridized carbons (Fsp3) is 1.00. The molecule has 6 heteroatoms. The molecule has 2 aliphatic heterocycles. The molecule has 0 aromatic heterocycles. The van der Waals surface area contributed by atoms with Gasteiger partial charge in [-0.05, 0) is 31.2 Å². The minimum Gasteiger partial charge on any atom is -0.381 e. The van der Waals surface area contributed by atoms with Crippen LogP contribution in [0.1, 0.15) is 26.2 Å². The van der Waals surface area contributed by atoms with Gasteiger partial charge < -0.3 is 15.4 Å². The van der Waals surface area contributed by atoms with Crippen molar-refractivity contribution < 1.29 is 13.2 Å². The van der Waals surface area contributed by atoms with E-state index in [1.807, 2.05) is 0 Å². The molecule has 2 aliphatic rings. The van der Waals surface area contributed by atoms with Gasteiger partial charge in [-0.25, -0.2) is 8.42 Å². The molecule has 1 unspecified atom stereocenters. The second kappa shape index (κ2) is 6.52. The second-order valence-corrected chi connectivity index (χ2v) is 8.38. The normalized spacial score (nSPS) is 30.1. The van der Waals surface area contributed by atoms with Crippen LogP contribution in [0.5, 0.6) is 0 Å². The molecule has 0 aromatic carbocycles. The lowest BCUT2D eigenvalue weighted by atomic mass is 9.82. The van der Waals surface area contributed by atoms with Crippen molar-refractivity contribution in [1.82, 2.24) is 10.6 Å². The summed E-state index contributed by atoms with van der Waals surface area (Å²) < 4.78 is 28.4. The lowest BCUT2D eigenvalue weighted by Gasteiger charge is -2.34. The Bertz CT molecular complexity index is 377. The lowest BCUT2D eigenvalue weighted by Crippen LogP contribution is -2.46. The monoisotopic (exact) mass is 290 g/mol. The van der Waals surface area contributed by atoms with Crippen LogP contribution in [-0.2, 0) is 14.6 Å². The van der Waals surface area contributed by atoms with Crippen molar-refractivity contribution in [1.29, 1.82) is 0 Å². The van der Waals surface area contributed by atoms with Gasteiger partial charge in [-0.3, -0.25) is 0 Å². The van der Waals surface area contributed by atoms with Gasteiger partial charge in [0, 0.05) is 32.3 Å². The van der Waals surface area contributed by atoms with E-state index < -0.39 is 9.84 Å². The highest BCUT2D eigenvalue weighted by Gasteiger charge is 2.27. The largest absolute Gasteiger partial charge is 0.381 e. The summed E-state index contributed by atoms with van der Waals surface area (Å²) in [5.74, 6) is 0.578. The van der Waals surface area contributed by atoms with Gasteiger partial charge in [0.25, 0.3) is 0 Å². The van der Waals surface area contributed by atoms with E-state index in [0.29, 0.717) is 17.7 Å². The molecule has 0 saturated carbocycles. The fourth-order valence-corrected chi connectivity index (χ4v) is 4.25. The van der Waals surface area contributed by atoms with Gasteiger partial charge in [0.2, 0.25) is 0 Å². The summed E-state index contributed by atoms with van der Waals surface area (Å²) >= 11 is 0. The Morgan fingerprint density at radius 3 is 2.79 bits per heavy atom. The maximum absolute atomic E-state index is 11.5. The summed E-state index contributed by atoms with van der Waals surface area (Å²) in [5.41, 5.74) is 0.338. The Kier molecular flexibility index (Phi) is 5.22. The predicted octanol–water partition coefficient (Wildman–Crippen LogP) is 0.169. The van der Waals surface area contributed by atoms with Crippen LogP contribution in [0, 0.1) is 5.41 Å². The molecule has 0 amide bonds. The molecule has 5 nitrogen and oxygen atoms in total. The summed E-state index contributed by atoms with van der Waals surface area (Å²) in [6.45, 7) is 6.49. The van der Waals surface area contributed by atoms with E-state index in [1.54, 1.807) is 0 Å². The molecular formula is C13H26N2O3S. The van der Waals surface area contributed by atoms with E-state index in [-0.39, 0.29) is 11.8 Å². The van der Waals surface area contributed by atoms with E-state index in [2.05, 4.69) is 17.6 Å². The van der Waals surface area contributed by atoms with Gasteiger partial charge in [0.1, 0.15) is 0 Å². The van der Waals surface area contributed by atoms with Gasteiger partial charge >= 0.3 is 0 Å². The molecule has 1 atom stereocenters. The van der Waals surface area contributed by atoms with Gasteiger partial charge in [0.15, 0.2) is 9.84 Å². The Balaban J connectivity index is 1.64. The van der Waals surface area contributed by atoms with Gasteiger partial charge in [-0.1, -0.05) is 6.92 Å². The highest BCUT2D eigenvalue weighted by Crippen LogP contribution is 2.28. The van der Waals surface area contributed by atoms with Crippen LogP contribution >= 0.6 is 0 Å². The van der Waals surface area contributed by atoms with Crippen LogP contribution in [0.25, 0.3) is 0 Å². The van der Waals surface area contributed by atoms with E-state index in [9.17, 15) is 8.42 Å². The third kappa shape index (κ3) is 5.02. The second-order valence-electron chi connectivity index (χ2n) is 6.15. The first-order valence-electron chi connectivity index (χ1n) is 7.21. The Morgan fingerprint density at radius 2 is 2.11 bits per heavy atom. The molecule has 2 fully saturated rings. The van der Waals surface area contributed by atoms with Crippen LogP contribution in [0.2, 0.25) is 0 Å². The van der Waals surface area contributed by atoms with E-state index in [1.165, 1.54) is 0 Å². The van der Waals surface area contributed by atoms with Crippen LogP contribution in [0.3, 0.4) is 0 Å². The van der Waals surface area contributed by atoms with Crippen molar-refractivity contribution in [2.45, 2.75) is 32.2 Å². The zero-order valence-corrected chi connectivity index (χ0v) is 12.6. The lowest BCUT2D eigenvalue weighted by molar-refractivity contribution is 0.0241. The first kappa shape index (κ1) is 15.2. The minimum atomic E-state index is -2.81. The van der Waals surface area contributed by atoms with Crippen molar-refractivity contribution in [3.05, 3.63) is 0 Å². The van der Waals surface area contributed by atoms with Crippen molar-refractivity contribution in [2.24, 2.45) is 5.41 Å². The number of sulfone groups is 1. The average molecular weight is 290 g/mol. The summed E-state index contributed by atoms with van der Waals surface area (Å²) in [5, 5.41) is 6.76. The molecule has 2 rings (SSSR count). The highest BCUT2D eigenvalue weighted by atomic mass is 32.2. The third-order valence-corrected chi connectivity index (χ3v) is 5.96. The van der Waals surface area contributed by atoms with E-state index >= 15 is 0 Å². The molecule has 0 radical (unpaired) electrons. The molecule has 2 heterocycles. The summed E-state index contributed by atoms with van der Waals surface area (Å²) in [6.07, 6.45) is 3.10. The van der Waals surface area contributed by atoms with Crippen molar-refractivity contribution in [3.8, 4) is 0 Å². The quantitative estimate of drug-likeness (QED) is 0.707. The fourth-order valence-electron chi connectivity index (χ4n) is 2.76. The summed E-state index contributed by atoms with van der Waals surface area (Å²) in [7, 11) is -2.81. The molecule has 0 aliphatic carbocycles. The van der Waals surface area contributed by atoms with Crippen molar-refractivity contribution >= 4 is 9.84 Å². The Morgan fingerprint density at radius 1 is 1.37 bits per heavy atom. The Labute approximate surface area is 116 Å². The molecule has 2 N–H and O–H groups in total. The van der Waals surface area contributed by atoms with Crippen LogP contribution in [-0.4, -0.2) is 58.8 Å². The maximum Gasteiger partial charge on any atom is 0.153 e. The van der Waals surface area contributed by atoms with Crippen LogP contribution in [0.15, 0.2) is 0 Å². The zero-order valence-electron chi connectivity index (χ0n) is 11.8. The molecule has 0 aromatic rings. The van der Waals surface area contributed by atoms with Crippen molar-refractivity contribution in [2.75, 3.05) is 44.4 Å². The van der Waals surface area contributed by atoms with Gasteiger partial charge in [0.05, 0.1) is 11.5 Å². The zero-order chi connectivity index (χ0) is 13.8. The summed E-state index contributed by atoms with van der Waals surface area (Å²) in [4.78, 5) is 0. The number of rotatable bonds is 5. The first-order valence-corrected chi connectivity index (χ1v) is 9.04. The first-order chi connectivity index (χ1) is 8.99. The van der Waals surface area contributed by atoms with Gasteiger partial charge in [-0.15, -0.1) is 0 Å². The molecule has 0 bridgehead atoms. The number of hydrogen-bond acceptors (Lipinski definition) is 5. The van der Waals surface area contributed by atoms with Crippen LogP contribution in [0.4, 0.5) is 0 Å². The number of ether oxygens (including phenoxy) is 1. The predicted molar refractivity (Wildman–Crippen MR) is 76.1 cm³/mol. The topological polar surface area (TPSA) is 67.4 Å². The van der Waals surface area contributed by atoms with Gasteiger partial charge in [-0.2, -0.15) is 0 Å². The molecule has 2 saturated heterocycles. The molecule has 0 spiro atoms. The standard InChI is InChI=1S/C13H26N2O3S/c1-13(3-7-18-8-4-13)11-14-5-2-12-10-19(16,17)9-6-15-12/h12,14-15H,2-11H2,1H3. The van der Waals surface area contributed by atoms with Crippen LogP contribution < -0.4 is 10.6 Å². The third-order valence-electron chi connectivity index (χ3n) is 4.22. The maximum atomic E-state index is 11.5. The molecule has 19 heavy (non-hydrogen) atoms. The number of nitrogens with one attached hydrogen (secondary N) is 2. The Hall–Kier alpha value is -0.170. The highest BCUT2D eigenvalue weighted by molar-refractivity contribution is 7.91. The van der Waals surface area contributed by atoms with E-state index in [4.69, 9.17) is 4.74 Å². The minimum absolute atomic E-state index is 0.119.